The fourth-order valence-electron chi connectivity index (χ4n) is 2.67. The Hall–Kier alpha value is -2.82. The van der Waals surface area contributed by atoms with Gasteiger partial charge in [0.05, 0.1) is 11.4 Å². The fourth-order valence-corrected chi connectivity index (χ4v) is 2.67. The van der Waals surface area contributed by atoms with E-state index in [4.69, 9.17) is 0 Å². The summed E-state index contributed by atoms with van der Waals surface area (Å²) in [5.41, 5.74) is 4.36. The third kappa shape index (κ3) is 2.65. The normalized spacial score (nSPS) is 10.9. The molecule has 2 aromatic heterocycles. The Bertz CT molecular complexity index is 897. The second-order valence-corrected chi connectivity index (χ2v) is 5.62. The number of carbonyl (C=O) groups excluding carboxylic acids is 1. The first-order valence-electron chi connectivity index (χ1n) is 7.58. The van der Waals surface area contributed by atoms with E-state index < -0.39 is 0 Å². The molecule has 0 saturated carbocycles. The largest absolute Gasteiger partial charge is 0.506 e. The molecule has 23 heavy (non-hydrogen) atoms. The Balaban J connectivity index is 2.05. The van der Waals surface area contributed by atoms with Crippen molar-refractivity contribution in [1.82, 2.24) is 9.38 Å². The second-order valence-electron chi connectivity index (χ2n) is 5.62. The number of imidazole rings is 1. The third-order valence-electron chi connectivity index (χ3n) is 3.87. The van der Waals surface area contributed by atoms with E-state index in [1.54, 1.807) is 16.5 Å². The molecule has 0 spiro atoms. The van der Waals surface area contributed by atoms with Crippen LogP contribution in [-0.4, -0.2) is 20.4 Å². The van der Waals surface area contributed by atoms with Crippen LogP contribution in [0.3, 0.4) is 0 Å². The van der Waals surface area contributed by atoms with Gasteiger partial charge in [-0.25, -0.2) is 4.98 Å². The lowest BCUT2D eigenvalue weighted by Crippen LogP contribution is -2.16. The van der Waals surface area contributed by atoms with E-state index in [2.05, 4.69) is 10.3 Å². The maximum absolute atomic E-state index is 12.7. The molecule has 0 unspecified atom stereocenters. The van der Waals surface area contributed by atoms with Gasteiger partial charge in [0.1, 0.15) is 17.1 Å². The topological polar surface area (TPSA) is 66.6 Å². The Morgan fingerprint density at radius 2 is 2.09 bits per heavy atom. The van der Waals surface area contributed by atoms with Crippen LogP contribution in [0.25, 0.3) is 5.65 Å². The highest BCUT2D eigenvalue weighted by molar-refractivity contribution is 6.05. The van der Waals surface area contributed by atoms with Crippen molar-refractivity contribution >= 4 is 17.2 Å². The first-order chi connectivity index (χ1) is 11.0. The first-order valence-corrected chi connectivity index (χ1v) is 7.58. The Labute approximate surface area is 134 Å². The molecule has 0 aliphatic heterocycles. The van der Waals surface area contributed by atoms with E-state index in [0.717, 1.165) is 22.5 Å². The summed E-state index contributed by atoms with van der Waals surface area (Å²) in [6.45, 7) is 5.82. The predicted molar refractivity (Wildman–Crippen MR) is 90.1 cm³/mol. The molecule has 2 heterocycles. The van der Waals surface area contributed by atoms with E-state index in [-0.39, 0.29) is 11.7 Å². The molecule has 0 aliphatic rings. The zero-order valence-electron chi connectivity index (χ0n) is 13.4. The number of carbonyl (C=O) groups is 1. The van der Waals surface area contributed by atoms with Crippen LogP contribution in [-0.2, 0) is 6.42 Å². The monoisotopic (exact) mass is 309 g/mol. The van der Waals surface area contributed by atoms with Gasteiger partial charge in [0.2, 0.25) is 0 Å². The molecule has 3 aromatic rings. The molecule has 0 atom stereocenters. The van der Waals surface area contributed by atoms with E-state index in [9.17, 15) is 9.90 Å². The summed E-state index contributed by atoms with van der Waals surface area (Å²) >= 11 is 0. The molecule has 0 aliphatic carbocycles. The summed E-state index contributed by atoms with van der Waals surface area (Å²) < 4.78 is 1.80. The lowest BCUT2D eigenvalue weighted by Gasteiger charge is -2.09. The maximum Gasteiger partial charge on any atom is 0.274 e. The number of benzene rings is 1. The number of hydrogen-bond acceptors (Lipinski definition) is 3. The number of amides is 1. The minimum Gasteiger partial charge on any atom is -0.506 e. The van der Waals surface area contributed by atoms with E-state index in [1.807, 2.05) is 45.2 Å². The fraction of sp³-hybridized carbons (Fsp3) is 0.222. The van der Waals surface area contributed by atoms with Crippen LogP contribution in [0.4, 0.5) is 5.69 Å². The molecule has 118 valence electrons. The molecule has 3 rings (SSSR count). The number of fused-ring (bicyclic) bond motifs is 1. The average molecular weight is 309 g/mol. The maximum atomic E-state index is 12.7. The molecular weight excluding hydrogens is 290 g/mol. The van der Waals surface area contributed by atoms with E-state index in [1.165, 1.54) is 0 Å². The summed E-state index contributed by atoms with van der Waals surface area (Å²) in [4.78, 5) is 17.3. The van der Waals surface area contributed by atoms with Gasteiger partial charge in [0.25, 0.3) is 5.91 Å². The predicted octanol–water partition coefficient (Wildman–Crippen LogP) is 3.47. The van der Waals surface area contributed by atoms with E-state index >= 15 is 0 Å². The second kappa shape index (κ2) is 5.76. The number of rotatable bonds is 3. The first kappa shape index (κ1) is 15.1. The molecule has 0 saturated heterocycles. The highest BCUT2D eigenvalue weighted by Crippen LogP contribution is 2.25. The number of aryl methyl sites for hydroxylation is 3. The van der Waals surface area contributed by atoms with Gasteiger partial charge in [0.15, 0.2) is 0 Å². The smallest absolute Gasteiger partial charge is 0.274 e. The number of hydrogen-bond donors (Lipinski definition) is 2. The molecule has 0 radical (unpaired) electrons. The Kier molecular flexibility index (Phi) is 3.78. The summed E-state index contributed by atoms with van der Waals surface area (Å²) in [5.74, 6) is -0.222. The van der Waals surface area contributed by atoms with Gasteiger partial charge in [-0.3, -0.25) is 9.20 Å². The summed E-state index contributed by atoms with van der Waals surface area (Å²) in [6.07, 6.45) is 2.49. The minimum atomic E-state index is -0.279. The van der Waals surface area contributed by atoms with Crippen LogP contribution in [0.2, 0.25) is 0 Å². The minimum absolute atomic E-state index is 0.0569. The third-order valence-corrected chi connectivity index (χ3v) is 3.87. The Morgan fingerprint density at radius 1 is 1.30 bits per heavy atom. The molecule has 2 N–H and O–H groups in total. The van der Waals surface area contributed by atoms with Crippen LogP contribution in [0.5, 0.6) is 5.75 Å². The molecule has 0 fully saturated rings. The number of phenolic OH excluding ortho intramolecular Hbond substituents is 1. The molecule has 5 nitrogen and oxygen atoms in total. The van der Waals surface area contributed by atoms with Crippen molar-refractivity contribution in [3.05, 3.63) is 59.0 Å². The highest BCUT2D eigenvalue weighted by Gasteiger charge is 2.19. The molecule has 5 heteroatoms. The number of anilines is 1. The zero-order chi connectivity index (χ0) is 16.6. The number of nitrogens with zero attached hydrogens (tertiary/aromatic N) is 2. The van der Waals surface area contributed by atoms with Gasteiger partial charge < -0.3 is 10.4 Å². The quantitative estimate of drug-likeness (QED) is 0.728. The van der Waals surface area contributed by atoms with Crippen molar-refractivity contribution in [2.75, 3.05) is 5.32 Å². The van der Waals surface area contributed by atoms with Crippen LogP contribution in [0.1, 0.15) is 34.2 Å². The number of nitrogens with one attached hydrogen (secondary N) is 1. The van der Waals surface area contributed by atoms with Crippen LogP contribution in [0, 0.1) is 13.8 Å². The summed E-state index contributed by atoms with van der Waals surface area (Å²) in [7, 11) is 0. The molecule has 0 bridgehead atoms. The summed E-state index contributed by atoms with van der Waals surface area (Å²) in [5, 5.41) is 12.8. The standard InChI is InChI=1S/C18H19N3O2/c1-4-13-16(21-9-5-6-12(3)17(21)19-13)18(23)20-14-8-7-11(2)10-15(14)22/h5-10,22H,4H2,1-3H3,(H,20,23). The van der Waals surface area contributed by atoms with Crippen molar-refractivity contribution in [2.24, 2.45) is 0 Å². The van der Waals surface area contributed by atoms with Crippen molar-refractivity contribution in [3.8, 4) is 5.75 Å². The van der Waals surface area contributed by atoms with Crippen molar-refractivity contribution < 1.29 is 9.90 Å². The number of phenols is 1. The highest BCUT2D eigenvalue weighted by atomic mass is 16.3. The van der Waals surface area contributed by atoms with Gasteiger partial charge in [0, 0.05) is 6.20 Å². The molecule has 1 amide bonds. The van der Waals surface area contributed by atoms with Crippen molar-refractivity contribution in [3.63, 3.8) is 0 Å². The van der Waals surface area contributed by atoms with Crippen molar-refractivity contribution in [1.29, 1.82) is 0 Å². The van der Waals surface area contributed by atoms with E-state index in [0.29, 0.717) is 17.8 Å². The van der Waals surface area contributed by atoms with Crippen LogP contribution < -0.4 is 5.32 Å². The van der Waals surface area contributed by atoms with Gasteiger partial charge in [-0.1, -0.05) is 19.1 Å². The van der Waals surface area contributed by atoms with Gasteiger partial charge in [-0.05, 0) is 49.6 Å². The van der Waals surface area contributed by atoms with Gasteiger partial charge in [-0.15, -0.1) is 0 Å². The average Bonchev–Trinajstić information content (AvgIpc) is 2.90. The Morgan fingerprint density at radius 3 is 2.78 bits per heavy atom. The van der Waals surface area contributed by atoms with Crippen LogP contribution in [0.15, 0.2) is 36.5 Å². The number of aromatic hydroxyl groups is 1. The lowest BCUT2D eigenvalue weighted by molar-refractivity contribution is 0.102. The zero-order valence-corrected chi connectivity index (χ0v) is 13.4. The lowest BCUT2D eigenvalue weighted by atomic mass is 10.2. The van der Waals surface area contributed by atoms with Crippen molar-refractivity contribution in [2.45, 2.75) is 27.2 Å². The van der Waals surface area contributed by atoms with Gasteiger partial charge >= 0.3 is 0 Å². The number of pyridine rings is 1. The van der Waals surface area contributed by atoms with Crippen LogP contribution >= 0.6 is 0 Å². The number of aromatic nitrogens is 2. The SMILES string of the molecule is CCc1nc2c(C)cccn2c1C(=O)Nc1ccc(C)cc1O. The molecule has 1 aromatic carbocycles. The molecular formula is C18H19N3O2. The summed E-state index contributed by atoms with van der Waals surface area (Å²) in [6, 6.07) is 9.02. The van der Waals surface area contributed by atoms with Gasteiger partial charge in [-0.2, -0.15) is 0 Å².